The molecule has 2 N–H and O–H groups in total. The van der Waals surface area contributed by atoms with Crippen LogP contribution in [0.1, 0.15) is 44.2 Å². The molecule has 0 aromatic carbocycles. The summed E-state index contributed by atoms with van der Waals surface area (Å²) in [5.74, 6) is 0.297. The molecule has 1 amide bonds. The second kappa shape index (κ2) is 5.35. The van der Waals surface area contributed by atoms with E-state index in [1.165, 1.54) is 0 Å². The van der Waals surface area contributed by atoms with Crippen molar-refractivity contribution in [2.75, 3.05) is 0 Å². The van der Waals surface area contributed by atoms with Crippen molar-refractivity contribution in [1.82, 2.24) is 15.0 Å². The summed E-state index contributed by atoms with van der Waals surface area (Å²) in [6, 6.07) is 2.29. The fourth-order valence-corrected chi connectivity index (χ4v) is 2.92. The monoisotopic (exact) mass is 288 g/mol. The van der Waals surface area contributed by atoms with Crippen LogP contribution in [0.3, 0.4) is 0 Å². The van der Waals surface area contributed by atoms with E-state index in [0.717, 1.165) is 44.2 Å². The molecule has 1 heterocycles. The predicted octanol–water partition coefficient (Wildman–Crippen LogP) is 1.50. The van der Waals surface area contributed by atoms with E-state index in [2.05, 4.69) is 16.4 Å². The molecule has 2 atom stereocenters. The third-order valence-corrected chi connectivity index (χ3v) is 4.24. The number of hydrogen-bond donors (Lipinski definition) is 1. The summed E-state index contributed by atoms with van der Waals surface area (Å²) in [4.78, 5) is 10.8. The lowest BCUT2D eigenvalue weighted by atomic mass is 9.84. The lowest BCUT2D eigenvalue weighted by Gasteiger charge is -2.27. The first kappa shape index (κ1) is 13.9. The van der Waals surface area contributed by atoms with Gasteiger partial charge in [-0.3, -0.25) is 0 Å². The number of ether oxygens (including phenoxy) is 1. The highest BCUT2D eigenvalue weighted by atomic mass is 16.6. The molecule has 0 spiro atoms. The summed E-state index contributed by atoms with van der Waals surface area (Å²) in [6.07, 6.45) is 8.38. The SMILES string of the molecule is N#CC1(n2cc([CH]C3CCC[C@H](OC(N)=O)C3)nn2)CC1. The van der Waals surface area contributed by atoms with Gasteiger partial charge in [0.2, 0.25) is 0 Å². The Labute approximate surface area is 123 Å². The Morgan fingerprint density at radius 3 is 3.05 bits per heavy atom. The molecule has 0 bridgehead atoms. The molecule has 7 heteroatoms. The number of aromatic nitrogens is 3. The van der Waals surface area contributed by atoms with E-state index in [0.29, 0.717) is 5.92 Å². The summed E-state index contributed by atoms with van der Waals surface area (Å²) in [5.41, 5.74) is 5.38. The van der Waals surface area contributed by atoms with Crippen molar-refractivity contribution in [3.63, 3.8) is 0 Å². The maximum absolute atomic E-state index is 10.8. The van der Waals surface area contributed by atoms with Crippen molar-refractivity contribution in [3.05, 3.63) is 18.3 Å². The third kappa shape index (κ3) is 2.99. The van der Waals surface area contributed by atoms with E-state index in [1.54, 1.807) is 4.68 Å². The number of rotatable bonds is 4. The zero-order chi connectivity index (χ0) is 14.9. The molecule has 7 nitrogen and oxygen atoms in total. The smallest absolute Gasteiger partial charge is 0.404 e. The third-order valence-electron chi connectivity index (χ3n) is 4.24. The van der Waals surface area contributed by atoms with Crippen LogP contribution in [0.15, 0.2) is 6.20 Å². The van der Waals surface area contributed by atoms with Gasteiger partial charge >= 0.3 is 6.09 Å². The number of nitrogens with zero attached hydrogens (tertiary/aromatic N) is 4. The number of carbonyl (C=O) groups excluding carboxylic acids is 1. The Morgan fingerprint density at radius 1 is 1.57 bits per heavy atom. The van der Waals surface area contributed by atoms with Gasteiger partial charge in [-0.15, -0.1) is 5.10 Å². The molecule has 1 aromatic rings. The number of primary amides is 1. The van der Waals surface area contributed by atoms with Crippen molar-refractivity contribution in [1.29, 1.82) is 5.26 Å². The molecule has 1 radical (unpaired) electrons. The lowest BCUT2D eigenvalue weighted by Crippen LogP contribution is -2.28. The van der Waals surface area contributed by atoms with Gasteiger partial charge in [-0.1, -0.05) is 5.21 Å². The highest BCUT2D eigenvalue weighted by Gasteiger charge is 2.46. The fraction of sp³-hybridized carbons (Fsp3) is 0.643. The van der Waals surface area contributed by atoms with Crippen LogP contribution in [0.4, 0.5) is 4.79 Å². The molecular formula is C14H18N5O2. The van der Waals surface area contributed by atoms with E-state index < -0.39 is 11.6 Å². The van der Waals surface area contributed by atoms with Crippen molar-refractivity contribution in [3.8, 4) is 6.07 Å². The van der Waals surface area contributed by atoms with Crippen LogP contribution in [0.2, 0.25) is 0 Å². The molecular weight excluding hydrogens is 270 g/mol. The van der Waals surface area contributed by atoms with E-state index in [4.69, 9.17) is 15.7 Å². The summed E-state index contributed by atoms with van der Waals surface area (Å²) in [7, 11) is 0. The largest absolute Gasteiger partial charge is 0.446 e. The normalized spacial score (nSPS) is 26.8. The maximum atomic E-state index is 10.8. The first-order valence-electron chi connectivity index (χ1n) is 7.26. The van der Waals surface area contributed by atoms with Crippen molar-refractivity contribution in [2.24, 2.45) is 11.7 Å². The minimum absolute atomic E-state index is 0.110. The van der Waals surface area contributed by atoms with Gasteiger partial charge in [-0.25, -0.2) is 9.48 Å². The lowest BCUT2D eigenvalue weighted by molar-refractivity contribution is 0.0713. The zero-order valence-corrected chi connectivity index (χ0v) is 11.7. The first-order valence-corrected chi connectivity index (χ1v) is 7.26. The molecule has 2 aliphatic carbocycles. The van der Waals surface area contributed by atoms with Gasteiger partial charge in [0, 0.05) is 6.42 Å². The molecule has 2 aliphatic rings. The molecule has 21 heavy (non-hydrogen) atoms. The van der Waals surface area contributed by atoms with E-state index in [1.807, 2.05) is 12.6 Å². The van der Waals surface area contributed by atoms with Crippen LogP contribution in [0, 0.1) is 23.7 Å². The van der Waals surface area contributed by atoms with Crippen molar-refractivity contribution >= 4 is 6.09 Å². The van der Waals surface area contributed by atoms with Crippen molar-refractivity contribution in [2.45, 2.75) is 50.2 Å². The van der Waals surface area contributed by atoms with Gasteiger partial charge < -0.3 is 10.5 Å². The first-order chi connectivity index (χ1) is 10.1. The van der Waals surface area contributed by atoms with Gasteiger partial charge in [-0.2, -0.15) is 5.26 Å². The Morgan fingerprint density at radius 2 is 2.38 bits per heavy atom. The summed E-state index contributed by atoms with van der Waals surface area (Å²) in [6.45, 7) is 0. The number of nitrogens with two attached hydrogens (primary N) is 1. The summed E-state index contributed by atoms with van der Waals surface area (Å²) >= 11 is 0. The molecule has 3 rings (SSSR count). The highest BCUT2D eigenvalue weighted by molar-refractivity contribution is 5.64. The summed E-state index contributed by atoms with van der Waals surface area (Å²) < 4.78 is 6.75. The average Bonchev–Trinajstić information content (AvgIpc) is 3.12. The number of nitriles is 1. The maximum Gasteiger partial charge on any atom is 0.404 e. The zero-order valence-electron chi connectivity index (χ0n) is 11.7. The van der Waals surface area contributed by atoms with Crippen LogP contribution < -0.4 is 5.73 Å². The number of hydrogen-bond acceptors (Lipinski definition) is 5. The quantitative estimate of drug-likeness (QED) is 0.903. The van der Waals surface area contributed by atoms with Gasteiger partial charge in [0.25, 0.3) is 0 Å². The second-order valence-electron chi connectivity index (χ2n) is 5.88. The molecule has 0 aliphatic heterocycles. The van der Waals surface area contributed by atoms with Crippen LogP contribution in [-0.2, 0) is 10.3 Å². The molecule has 1 aromatic heterocycles. The molecule has 2 saturated carbocycles. The Bertz CT molecular complexity index is 572. The van der Waals surface area contributed by atoms with Crippen LogP contribution >= 0.6 is 0 Å². The van der Waals surface area contributed by atoms with Crippen LogP contribution in [-0.4, -0.2) is 27.2 Å². The number of carbonyl (C=O) groups is 1. The van der Waals surface area contributed by atoms with Crippen LogP contribution in [0.25, 0.3) is 0 Å². The second-order valence-corrected chi connectivity index (χ2v) is 5.88. The van der Waals surface area contributed by atoms with Gasteiger partial charge in [0.05, 0.1) is 18.0 Å². The number of amides is 1. The molecule has 1 unspecified atom stereocenters. The van der Waals surface area contributed by atoms with E-state index >= 15 is 0 Å². The van der Waals surface area contributed by atoms with Gasteiger partial charge in [0.15, 0.2) is 5.54 Å². The van der Waals surface area contributed by atoms with E-state index in [-0.39, 0.29) is 6.10 Å². The minimum atomic E-state index is -0.712. The molecule has 2 fully saturated rings. The van der Waals surface area contributed by atoms with Crippen LogP contribution in [0.5, 0.6) is 0 Å². The predicted molar refractivity (Wildman–Crippen MR) is 72.7 cm³/mol. The highest BCUT2D eigenvalue weighted by Crippen LogP contribution is 2.42. The average molecular weight is 288 g/mol. The standard InChI is InChI=1S/C14H18N5O2/c15-9-14(4-5-14)19-8-11(17-18-19)6-10-2-1-3-12(7-10)21-13(16)20/h6,8,10,12H,1-5,7H2,(H2,16,20)/t10?,12-/m0/s1. The van der Waals surface area contributed by atoms with Gasteiger partial charge in [0.1, 0.15) is 6.10 Å². The molecule has 0 saturated heterocycles. The summed E-state index contributed by atoms with van der Waals surface area (Å²) in [5, 5.41) is 17.3. The topological polar surface area (TPSA) is 107 Å². The Kier molecular flexibility index (Phi) is 3.53. The van der Waals surface area contributed by atoms with Crippen molar-refractivity contribution < 1.29 is 9.53 Å². The fourth-order valence-electron chi connectivity index (χ4n) is 2.92. The van der Waals surface area contributed by atoms with Gasteiger partial charge in [-0.05, 0) is 44.4 Å². The molecule has 111 valence electrons. The Hall–Kier alpha value is -2.10. The Balaban J connectivity index is 1.59. The minimum Gasteiger partial charge on any atom is -0.446 e. The van der Waals surface area contributed by atoms with E-state index in [9.17, 15) is 4.79 Å².